The first-order chi connectivity index (χ1) is 17.3. The highest BCUT2D eigenvalue weighted by atomic mass is 32.1. The topological polar surface area (TPSA) is 52.9 Å². The lowest BCUT2D eigenvalue weighted by Gasteiger charge is -2.24. The summed E-state index contributed by atoms with van der Waals surface area (Å²) in [6.45, 7) is 0. The average Bonchev–Trinajstić information content (AvgIpc) is 3.55. The first-order valence-electron chi connectivity index (χ1n) is 11.6. The van der Waals surface area contributed by atoms with Crippen molar-refractivity contribution in [2.24, 2.45) is 10.2 Å². The van der Waals surface area contributed by atoms with Crippen molar-refractivity contribution < 1.29 is 0 Å². The number of aromatic nitrogens is 1. The SMILES string of the molecule is C(=NNc1nc2ccccc2s1)c1ccc(N2N=C(c3ccccc3)CC2c2ccccc2)cc1. The van der Waals surface area contributed by atoms with Gasteiger partial charge in [-0.1, -0.05) is 96.3 Å². The molecule has 1 unspecified atom stereocenters. The third-order valence-electron chi connectivity index (χ3n) is 6.03. The quantitative estimate of drug-likeness (QED) is 0.211. The van der Waals surface area contributed by atoms with Crippen LogP contribution in [0.15, 0.2) is 119 Å². The lowest BCUT2D eigenvalue weighted by molar-refractivity contribution is 0.709. The molecule has 0 spiro atoms. The summed E-state index contributed by atoms with van der Waals surface area (Å²) in [6.07, 6.45) is 2.68. The van der Waals surface area contributed by atoms with Gasteiger partial charge in [-0.25, -0.2) is 4.98 Å². The van der Waals surface area contributed by atoms with Crippen LogP contribution in [0, 0.1) is 0 Å². The van der Waals surface area contributed by atoms with Gasteiger partial charge in [0, 0.05) is 6.42 Å². The number of hydrazone groups is 2. The highest BCUT2D eigenvalue weighted by Gasteiger charge is 2.29. The zero-order valence-electron chi connectivity index (χ0n) is 19.0. The van der Waals surface area contributed by atoms with Crippen molar-refractivity contribution in [3.8, 4) is 0 Å². The summed E-state index contributed by atoms with van der Waals surface area (Å²) in [6, 6.07) is 37.6. The fourth-order valence-electron chi connectivity index (χ4n) is 4.28. The van der Waals surface area contributed by atoms with Crippen molar-refractivity contribution >= 4 is 44.3 Å². The molecule has 0 saturated carbocycles. The van der Waals surface area contributed by atoms with Crippen LogP contribution in [0.5, 0.6) is 0 Å². The molecule has 6 rings (SSSR count). The largest absolute Gasteiger partial charge is 0.257 e. The highest BCUT2D eigenvalue weighted by Crippen LogP contribution is 2.36. The van der Waals surface area contributed by atoms with E-state index >= 15 is 0 Å². The number of para-hydroxylation sites is 1. The van der Waals surface area contributed by atoms with Crippen LogP contribution in [-0.4, -0.2) is 16.9 Å². The number of thiazole rings is 1. The van der Waals surface area contributed by atoms with Gasteiger partial charge in [0.1, 0.15) is 0 Å². The number of anilines is 2. The highest BCUT2D eigenvalue weighted by molar-refractivity contribution is 7.22. The Kier molecular flexibility index (Phi) is 5.78. The number of hydrogen-bond acceptors (Lipinski definition) is 6. The van der Waals surface area contributed by atoms with Gasteiger partial charge in [-0.2, -0.15) is 10.2 Å². The number of hydrogen-bond donors (Lipinski definition) is 1. The Morgan fingerprint density at radius 1 is 0.829 bits per heavy atom. The monoisotopic (exact) mass is 473 g/mol. The molecule has 4 aromatic carbocycles. The molecule has 2 heterocycles. The van der Waals surface area contributed by atoms with E-state index in [9.17, 15) is 0 Å². The van der Waals surface area contributed by atoms with E-state index in [1.165, 1.54) is 11.1 Å². The molecule has 35 heavy (non-hydrogen) atoms. The van der Waals surface area contributed by atoms with Crippen molar-refractivity contribution in [1.29, 1.82) is 0 Å². The Balaban J connectivity index is 1.22. The van der Waals surface area contributed by atoms with Crippen LogP contribution in [0.2, 0.25) is 0 Å². The molecule has 170 valence electrons. The second-order valence-electron chi connectivity index (χ2n) is 8.34. The maximum absolute atomic E-state index is 5.04. The Morgan fingerprint density at radius 3 is 2.31 bits per heavy atom. The molecule has 1 aliphatic rings. The van der Waals surface area contributed by atoms with Crippen LogP contribution < -0.4 is 10.4 Å². The number of fused-ring (bicyclic) bond motifs is 1. The van der Waals surface area contributed by atoms with Crippen LogP contribution in [0.3, 0.4) is 0 Å². The van der Waals surface area contributed by atoms with E-state index in [1.807, 2.05) is 30.5 Å². The first-order valence-corrected chi connectivity index (χ1v) is 12.4. The fraction of sp³-hybridized carbons (Fsp3) is 0.0690. The number of benzene rings is 4. The van der Waals surface area contributed by atoms with Crippen molar-refractivity contribution in [3.05, 3.63) is 126 Å². The van der Waals surface area contributed by atoms with E-state index in [0.717, 1.165) is 38.7 Å². The molecule has 0 fully saturated rings. The molecular weight excluding hydrogens is 450 g/mol. The van der Waals surface area contributed by atoms with Gasteiger partial charge in [0.2, 0.25) is 5.13 Å². The van der Waals surface area contributed by atoms with Crippen LogP contribution in [0.4, 0.5) is 10.8 Å². The van der Waals surface area contributed by atoms with E-state index in [1.54, 1.807) is 11.3 Å². The Bertz CT molecular complexity index is 1460. The zero-order valence-corrected chi connectivity index (χ0v) is 19.8. The summed E-state index contributed by atoms with van der Waals surface area (Å²) >= 11 is 1.59. The van der Waals surface area contributed by atoms with Crippen molar-refractivity contribution in [1.82, 2.24) is 4.98 Å². The number of rotatable bonds is 6. The molecule has 0 bridgehead atoms. The minimum Gasteiger partial charge on any atom is -0.257 e. The fourth-order valence-corrected chi connectivity index (χ4v) is 5.10. The van der Waals surface area contributed by atoms with Gasteiger partial charge in [0.15, 0.2) is 0 Å². The van der Waals surface area contributed by atoms with Crippen LogP contribution in [-0.2, 0) is 0 Å². The molecule has 1 N–H and O–H groups in total. The molecule has 6 heteroatoms. The van der Waals surface area contributed by atoms with Crippen LogP contribution in [0.1, 0.15) is 29.2 Å². The van der Waals surface area contributed by atoms with Gasteiger partial charge in [0.05, 0.1) is 33.9 Å². The Hall–Kier alpha value is -4.29. The predicted octanol–water partition coefficient (Wildman–Crippen LogP) is 7.10. The zero-order chi connectivity index (χ0) is 23.5. The summed E-state index contributed by atoms with van der Waals surface area (Å²) in [4.78, 5) is 4.55. The first kappa shape index (κ1) is 21.3. The minimum atomic E-state index is 0.159. The van der Waals surface area contributed by atoms with E-state index in [4.69, 9.17) is 5.10 Å². The second kappa shape index (κ2) is 9.52. The van der Waals surface area contributed by atoms with Crippen molar-refractivity contribution in [2.75, 3.05) is 10.4 Å². The summed E-state index contributed by atoms with van der Waals surface area (Å²) < 4.78 is 1.14. The van der Waals surface area contributed by atoms with E-state index in [-0.39, 0.29) is 6.04 Å². The number of nitrogens with one attached hydrogen (secondary N) is 1. The van der Waals surface area contributed by atoms with E-state index < -0.39 is 0 Å². The summed E-state index contributed by atoms with van der Waals surface area (Å²) in [5.74, 6) is 0. The minimum absolute atomic E-state index is 0.159. The van der Waals surface area contributed by atoms with E-state index in [0.29, 0.717) is 0 Å². The maximum Gasteiger partial charge on any atom is 0.204 e. The van der Waals surface area contributed by atoms with Gasteiger partial charge in [-0.15, -0.1) is 0 Å². The molecule has 0 radical (unpaired) electrons. The van der Waals surface area contributed by atoms with Gasteiger partial charge in [0.25, 0.3) is 0 Å². The maximum atomic E-state index is 5.04. The lowest BCUT2D eigenvalue weighted by atomic mass is 9.98. The van der Waals surface area contributed by atoms with Gasteiger partial charge < -0.3 is 0 Å². The second-order valence-corrected chi connectivity index (χ2v) is 9.37. The van der Waals surface area contributed by atoms with Crippen molar-refractivity contribution in [2.45, 2.75) is 12.5 Å². The third kappa shape index (κ3) is 4.56. The molecule has 5 nitrogen and oxygen atoms in total. The number of nitrogens with zero attached hydrogens (tertiary/aromatic N) is 4. The molecule has 5 aromatic rings. The third-order valence-corrected chi connectivity index (χ3v) is 6.97. The summed E-state index contributed by atoms with van der Waals surface area (Å²) in [5.41, 5.74) is 9.62. The van der Waals surface area contributed by atoms with Gasteiger partial charge in [-0.05, 0) is 41.0 Å². The van der Waals surface area contributed by atoms with Crippen LogP contribution in [0.25, 0.3) is 10.2 Å². The molecule has 1 aliphatic heterocycles. The normalized spacial score (nSPS) is 15.6. The standard InChI is InChI=1S/C29H23N5S/c1-3-9-22(10-4-1)26-19-27(23-11-5-2-6-12-23)34(33-26)24-17-15-21(16-18-24)20-30-32-29-31-25-13-7-8-14-28(25)35-29/h1-18,20,27H,19H2,(H,31,32). The summed E-state index contributed by atoms with van der Waals surface area (Å²) in [5, 5.41) is 12.3. The van der Waals surface area contributed by atoms with Gasteiger partial charge in [-0.3, -0.25) is 10.4 Å². The van der Waals surface area contributed by atoms with E-state index in [2.05, 4.69) is 105 Å². The molecule has 0 saturated heterocycles. The van der Waals surface area contributed by atoms with Crippen LogP contribution >= 0.6 is 11.3 Å². The predicted molar refractivity (Wildman–Crippen MR) is 147 cm³/mol. The van der Waals surface area contributed by atoms with Gasteiger partial charge >= 0.3 is 0 Å². The van der Waals surface area contributed by atoms with Crippen molar-refractivity contribution in [3.63, 3.8) is 0 Å². The molecule has 1 aromatic heterocycles. The Labute approximate surface area is 208 Å². The molecule has 0 aliphatic carbocycles. The lowest BCUT2D eigenvalue weighted by Crippen LogP contribution is -2.18. The smallest absolute Gasteiger partial charge is 0.204 e. The molecule has 0 amide bonds. The average molecular weight is 474 g/mol. The Morgan fingerprint density at radius 2 is 1.54 bits per heavy atom. The summed E-state index contributed by atoms with van der Waals surface area (Å²) in [7, 11) is 0. The molecular formula is C29H23N5S. The molecule has 1 atom stereocenters.